The monoisotopic (exact) mass is 497 g/mol. The molecule has 4 unspecified atom stereocenters. The molecule has 0 amide bonds. The van der Waals surface area contributed by atoms with Crippen molar-refractivity contribution in [2.75, 3.05) is 7.11 Å². The van der Waals surface area contributed by atoms with Crippen LogP contribution in [-0.2, 0) is 23.9 Å². The molecule has 2 heterocycles. The van der Waals surface area contributed by atoms with Crippen LogP contribution in [0.4, 0.5) is 0 Å². The van der Waals surface area contributed by atoms with Crippen molar-refractivity contribution < 1.29 is 33.4 Å². The van der Waals surface area contributed by atoms with Gasteiger partial charge in [0, 0.05) is 35.3 Å². The van der Waals surface area contributed by atoms with Crippen LogP contribution in [0.25, 0.3) is 0 Å². The highest BCUT2D eigenvalue weighted by Gasteiger charge is 2.74. The fourth-order valence-corrected chi connectivity index (χ4v) is 8.82. The minimum absolute atomic E-state index is 0.0219. The van der Waals surface area contributed by atoms with E-state index in [4.69, 9.17) is 19.3 Å². The Hall–Kier alpha value is -2.74. The minimum Gasteiger partial charge on any atom is -0.481 e. The van der Waals surface area contributed by atoms with Gasteiger partial charge >= 0.3 is 11.9 Å². The second-order valence-corrected chi connectivity index (χ2v) is 11.8. The molecule has 0 radical (unpaired) electrons. The van der Waals surface area contributed by atoms with Crippen LogP contribution in [0.2, 0.25) is 0 Å². The van der Waals surface area contributed by atoms with Crippen molar-refractivity contribution in [3.63, 3.8) is 0 Å². The second kappa shape index (κ2) is 8.13. The number of hydrogen-bond acceptors (Lipinski definition) is 7. The molecule has 0 spiro atoms. The number of furan rings is 1. The summed E-state index contributed by atoms with van der Waals surface area (Å²) in [5, 5.41) is 18.8. The number of nitrogens with one attached hydrogen (secondary N) is 1. The largest absolute Gasteiger partial charge is 0.481 e. The molecular formula is C28H35NO7. The Morgan fingerprint density at radius 2 is 2.00 bits per heavy atom. The number of ketones is 1. The Labute approximate surface area is 210 Å². The van der Waals surface area contributed by atoms with E-state index >= 15 is 0 Å². The Balaban J connectivity index is 1.75. The molecule has 1 aromatic rings. The van der Waals surface area contributed by atoms with Crippen molar-refractivity contribution >= 4 is 23.9 Å². The van der Waals surface area contributed by atoms with Crippen LogP contribution < -0.4 is 0 Å². The van der Waals surface area contributed by atoms with Gasteiger partial charge in [0.25, 0.3) is 0 Å². The number of Topliss-reactive ketones (excluding diaryl/α,β-unsaturated/α-hetero) is 1. The molecule has 194 valence electrons. The number of ether oxygens (including phenoxy) is 2. The average Bonchev–Trinajstić information content (AvgIpc) is 3.54. The van der Waals surface area contributed by atoms with Gasteiger partial charge in [-0.25, -0.2) is 0 Å². The molecule has 4 aliphatic rings. The molecule has 2 N–H and O–H groups in total. The number of methoxy groups -OCH3 is 1. The van der Waals surface area contributed by atoms with Crippen LogP contribution in [0.5, 0.6) is 0 Å². The van der Waals surface area contributed by atoms with E-state index in [1.54, 1.807) is 19.5 Å². The average molecular weight is 498 g/mol. The lowest BCUT2D eigenvalue weighted by molar-refractivity contribution is -0.202. The maximum atomic E-state index is 13.9. The number of rotatable bonds is 5. The summed E-state index contributed by atoms with van der Waals surface area (Å²) in [6.45, 7) is 7.66. The van der Waals surface area contributed by atoms with Crippen LogP contribution in [0.1, 0.15) is 64.9 Å². The summed E-state index contributed by atoms with van der Waals surface area (Å²) in [6, 6.07) is 1.95. The number of hydrogen-bond donors (Lipinski definition) is 2. The summed E-state index contributed by atoms with van der Waals surface area (Å²) < 4.78 is 17.2. The van der Waals surface area contributed by atoms with Gasteiger partial charge in [-0.1, -0.05) is 19.4 Å². The van der Waals surface area contributed by atoms with Gasteiger partial charge in [-0.3, -0.25) is 14.4 Å². The number of carboxylic acid groups (broad SMARTS) is 1. The predicted molar refractivity (Wildman–Crippen MR) is 130 cm³/mol. The SMILES string of the molecule is COC(=O)C[C@H]1[C@]2(C)C3=C(C)C(c4ccoc4)CC3O[C@@H]2C(C=N)C2[C@](C)(C(=O)O)CCC(=O)[C@@]21C. The normalized spacial score (nSPS) is 43.5. The van der Waals surface area contributed by atoms with E-state index in [1.165, 1.54) is 13.3 Å². The zero-order valence-corrected chi connectivity index (χ0v) is 21.5. The highest BCUT2D eigenvalue weighted by molar-refractivity contribution is 5.91. The molecule has 1 aromatic heterocycles. The lowest BCUT2D eigenvalue weighted by Crippen LogP contribution is -2.68. The molecule has 3 fully saturated rings. The first kappa shape index (κ1) is 24.9. The molecule has 0 aromatic carbocycles. The van der Waals surface area contributed by atoms with Gasteiger partial charge in [0.2, 0.25) is 0 Å². The van der Waals surface area contributed by atoms with Gasteiger partial charge in [0.05, 0.1) is 43.7 Å². The molecule has 8 nitrogen and oxygen atoms in total. The minimum atomic E-state index is -1.23. The highest BCUT2D eigenvalue weighted by Crippen LogP contribution is 2.71. The first-order chi connectivity index (χ1) is 17.0. The summed E-state index contributed by atoms with van der Waals surface area (Å²) in [6.07, 6.45) is 4.93. The van der Waals surface area contributed by atoms with Gasteiger partial charge in [-0.15, -0.1) is 0 Å². The van der Waals surface area contributed by atoms with Gasteiger partial charge in [-0.2, -0.15) is 0 Å². The van der Waals surface area contributed by atoms with E-state index in [-0.39, 0.29) is 37.1 Å². The van der Waals surface area contributed by atoms with E-state index < -0.39 is 52.0 Å². The van der Waals surface area contributed by atoms with E-state index in [1.807, 2.05) is 13.0 Å². The van der Waals surface area contributed by atoms with Crippen LogP contribution in [0.15, 0.2) is 34.2 Å². The number of allylic oxidation sites excluding steroid dienone is 1. The van der Waals surface area contributed by atoms with Crippen molar-refractivity contribution in [3.05, 3.63) is 35.3 Å². The van der Waals surface area contributed by atoms with Crippen LogP contribution >= 0.6 is 0 Å². The third kappa shape index (κ3) is 2.96. The zero-order valence-electron chi connectivity index (χ0n) is 21.5. The summed E-state index contributed by atoms with van der Waals surface area (Å²) in [7, 11) is 1.33. The van der Waals surface area contributed by atoms with Crippen molar-refractivity contribution in [1.29, 1.82) is 5.41 Å². The van der Waals surface area contributed by atoms with Crippen LogP contribution in [0, 0.1) is 39.4 Å². The van der Waals surface area contributed by atoms with Gasteiger partial charge in [-0.05, 0) is 55.7 Å². The van der Waals surface area contributed by atoms with Crippen molar-refractivity contribution in [2.24, 2.45) is 34.0 Å². The molecule has 3 aliphatic carbocycles. The number of fused-ring (bicyclic) bond motifs is 4. The molecule has 8 heteroatoms. The maximum Gasteiger partial charge on any atom is 0.309 e. The molecule has 1 saturated heterocycles. The van der Waals surface area contributed by atoms with Crippen molar-refractivity contribution in [1.82, 2.24) is 0 Å². The number of aliphatic carboxylic acids is 1. The van der Waals surface area contributed by atoms with E-state index in [0.717, 1.165) is 16.7 Å². The molecular weight excluding hydrogens is 462 g/mol. The number of carbonyl (C=O) groups is 3. The fourth-order valence-electron chi connectivity index (χ4n) is 8.82. The summed E-state index contributed by atoms with van der Waals surface area (Å²) in [5.41, 5.74) is 0.141. The number of carboxylic acids is 1. The number of carbonyl (C=O) groups excluding carboxylic acids is 2. The van der Waals surface area contributed by atoms with E-state index in [9.17, 15) is 19.5 Å². The van der Waals surface area contributed by atoms with E-state index in [2.05, 4.69) is 13.8 Å². The molecule has 0 bridgehead atoms. The smallest absolute Gasteiger partial charge is 0.309 e. The zero-order chi connectivity index (χ0) is 26.2. The van der Waals surface area contributed by atoms with Gasteiger partial charge in [0.15, 0.2) is 0 Å². The third-order valence-corrected chi connectivity index (χ3v) is 10.4. The first-order valence-electron chi connectivity index (χ1n) is 12.7. The molecule has 36 heavy (non-hydrogen) atoms. The standard InChI is InChI=1S/C28H35NO7/c1-14-16(15-7-9-35-13-15)10-18-22(14)28(4)19(11-21(31)34-5)27(3)20(30)6-8-26(2,25(32)33)23(27)17(12-29)24(28)36-18/h7,9,12-13,16-19,23-24,29H,6,8,10-11H2,1-5H3,(H,32,33)/t16?,17?,18?,19-,23?,24-,26-,27+,28-/m1/s1. The van der Waals surface area contributed by atoms with Crippen LogP contribution in [0.3, 0.4) is 0 Å². The lowest BCUT2D eigenvalue weighted by Gasteiger charge is -2.63. The Morgan fingerprint density at radius 1 is 1.28 bits per heavy atom. The molecule has 2 saturated carbocycles. The summed E-state index contributed by atoms with van der Waals surface area (Å²) in [5.74, 6) is -3.17. The highest BCUT2D eigenvalue weighted by atomic mass is 16.5. The lowest BCUT2D eigenvalue weighted by atomic mass is 9.38. The Morgan fingerprint density at radius 3 is 2.58 bits per heavy atom. The van der Waals surface area contributed by atoms with Crippen LogP contribution in [-0.4, -0.2) is 48.4 Å². The van der Waals surface area contributed by atoms with Gasteiger partial charge in [0.1, 0.15) is 5.78 Å². The Kier molecular flexibility index (Phi) is 5.63. The topological polar surface area (TPSA) is 127 Å². The molecule has 9 atom stereocenters. The first-order valence-corrected chi connectivity index (χ1v) is 12.7. The maximum absolute atomic E-state index is 13.9. The quantitative estimate of drug-likeness (QED) is 0.351. The second-order valence-electron chi connectivity index (χ2n) is 11.8. The van der Waals surface area contributed by atoms with Crippen molar-refractivity contribution in [2.45, 2.75) is 71.5 Å². The van der Waals surface area contributed by atoms with Gasteiger partial charge < -0.3 is 24.4 Å². The molecule has 5 rings (SSSR count). The van der Waals surface area contributed by atoms with Crippen molar-refractivity contribution in [3.8, 4) is 0 Å². The predicted octanol–water partition coefficient (Wildman–Crippen LogP) is 4.39. The number of esters is 1. The third-order valence-electron chi connectivity index (χ3n) is 10.4. The Bertz CT molecular complexity index is 1150. The van der Waals surface area contributed by atoms with E-state index in [0.29, 0.717) is 6.42 Å². The molecule has 1 aliphatic heterocycles. The fraction of sp³-hybridized carbons (Fsp3) is 0.643. The summed E-state index contributed by atoms with van der Waals surface area (Å²) >= 11 is 0. The summed E-state index contributed by atoms with van der Waals surface area (Å²) in [4.78, 5) is 39.4.